The van der Waals surface area contributed by atoms with Crippen LogP contribution in [0.15, 0.2) is 141 Å². The first-order valence-corrected chi connectivity index (χ1v) is 24.8. The molecular formula is C42H33N5O18S4. The molecule has 7 aromatic rings. The summed E-state index contributed by atoms with van der Waals surface area (Å²) in [5.41, 5.74) is -0.651. The lowest BCUT2D eigenvalue weighted by molar-refractivity contribution is 0.101. The highest BCUT2D eigenvalue weighted by Gasteiger charge is 2.24. The summed E-state index contributed by atoms with van der Waals surface area (Å²) in [6, 6.07) is 21.9. The van der Waals surface area contributed by atoms with Crippen LogP contribution in [0.5, 0.6) is 11.5 Å². The Hall–Kier alpha value is -7.70. The van der Waals surface area contributed by atoms with E-state index in [0.717, 1.165) is 42.5 Å². The number of hydrogen-bond donors (Lipinski definition) is 13. The van der Waals surface area contributed by atoms with Crippen LogP contribution in [-0.2, 0) is 30.4 Å². The Balaban J connectivity index is 1.03. The van der Waals surface area contributed by atoms with E-state index in [-0.39, 0.29) is 66.7 Å². The maximum Gasteiger partial charge on any atom is 0.323 e. The molecule has 0 saturated carbocycles. The molecule has 5 amide bonds. The SMILES string of the molecule is O=C(Nc1cccc(C(=O)Nc2cccc(C(=O)Nc3cc(S(=O)(=O)O)cc4cc(S(O)(O)O)cc(O)c34)c2)c1)Nc1cccc(C(=O)Nc2cc(S(=O)(=O)O)cc3cc(S(=O)(=O)O)cc(O)c23)c1. The molecule has 69 heavy (non-hydrogen) atoms. The molecule has 0 radical (unpaired) electrons. The quantitative estimate of drug-likeness (QED) is 0.0541. The number of nitrogens with one attached hydrogen (secondary N) is 5. The zero-order valence-electron chi connectivity index (χ0n) is 34.3. The van der Waals surface area contributed by atoms with Crippen LogP contribution in [0.3, 0.4) is 0 Å². The van der Waals surface area contributed by atoms with Gasteiger partial charge in [-0.05, 0) is 108 Å². The number of phenolic OH excluding ortho intramolecular Hbond substituents is 2. The molecule has 358 valence electrons. The molecular weight excluding hydrogens is 991 g/mol. The molecule has 0 saturated heterocycles. The molecule has 7 aromatic carbocycles. The minimum absolute atomic E-state index is 0.0231. The molecule has 0 aromatic heterocycles. The summed E-state index contributed by atoms with van der Waals surface area (Å²) in [7, 11) is -19.1. The van der Waals surface area contributed by atoms with Gasteiger partial charge in [-0.25, -0.2) is 4.79 Å². The third-order valence-corrected chi connectivity index (χ3v) is 13.2. The van der Waals surface area contributed by atoms with Crippen LogP contribution in [0.25, 0.3) is 21.5 Å². The molecule has 23 nitrogen and oxygen atoms in total. The number of rotatable bonds is 12. The lowest BCUT2D eigenvalue weighted by Crippen LogP contribution is -2.20. The minimum atomic E-state index is -4.95. The van der Waals surface area contributed by atoms with Gasteiger partial charge in [-0.2, -0.15) is 25.3 Å². The summed E-state index contributed by atoms with van der Waals surface area (Å²) in [4.78, 5) is 50.3. The Bertz CT molecular complexity index is 3670. The van der Waals surface area contributed by atoms with E-state index >= 15 is 0 Å². The van der Waals surface area contributed by atoms with Gasteiger partial charge >= 0.3 is 6.03 Å². The van der Waals surface area contributed by atoms with Crippen LogP contribution in [0.1, 0.15) is 31.1 Å². The number of urea groups is 1. The number of anilines is 5. The lowest BCUT2D eigenvalue weighted by Gasteiger charge is -2.21. The molecule has 27 heteroatoms. The number of phenols is 2. The van der Waals surface area contributed by atoms with Crippen molar-refractivity contribution in [3.05, 3.63) is 138 Å². The number of carbonyl (C=O) groups is 4. The van der Waals surface area contributed by atoms with Gasteiger partial charge in [-0.3, -0.25) is 28.0 Å². The Morgan fingerprint density at radius 2 is 0.696 bits per heavy atom. The van der Waals surface area contributed by atoms with Gasteiger partial charge in [0, 0.05) is 50.6 Å². The van der Waals surface area contributed by atoms with Crippen LogP contribution in [0, 0.1) is 0 Å². The van der Waals surface area contributed by atoms with Crippen LogP contribution in [0.4, 0.5) is 33.2 Å². The fourth-order valence-electron chi connectivity index (χ4n) is 6.78. The summed E-state index contributed by atoms with van der Waals surface area (Å²) >= 11 is 0. The number of fused-ring (bicyclic) bond motifs is 2. The first kappa shape index (κ1) is 49.2. The highest BCUT2D eigenvalue weighted by molar-refractivity contribution is 8.19. The van der Waals surface area contributed by atoms with E-state index in [4.69, 9.17) is 0 Å². The van der Waals surface area contributed by atoms with Gasteiger partial charge < -0.3 is 50.5 Å². The zero-order chi connectivity index (χ0) is 50.4. The topological polar surface area (TPSA) is 393 Å². The molecule has 0 unspecified atom stereocenters. The number of hydrogen-bond acceptors (Lipinski definition) is 15. The number of aromatic hydroxyl groups is 2. The van der Waals surface area contributed by atoms with Crippen molar-refractivity contribution in [3.63, 3.8) is 0 Å². The van der Waals surface area contributed by atoms with E-state index in [9.17, 15) is 82.0 Å². The molecule has 0 heterocycles. The Kier molecular flexibility index (Phi) is 13.1. The first-order chi connectivity index (χ1) is 32.1. The maximum absolute atomic E-state index is 13.4. The zero-order valence-corrected chi connectivity index (χ0v) is 37.6. The molecule has 0 aliphatic rings. The summed E-state index contributed by atoms with van der Waals surface area (Å²) in [6.45, 7) is 0. The summed E-state index contributed by atoms with van der Waals surface area (Å²) in [5, 5.41) is 32.8. The molecule has 0 atom stereocenters. The summed E-state index contributed by atoms with van der Waals surface area (Å²) in [5.74, 6) is -4.00. The lowest BCUT2D eigenvalue weighted by atomic mass is 10.1. The van der Waals surface area contributed by atoms with Crippen molar-refractivity contribution >= 4 is 115 Å². The average molecular weight is 1020 g/mol. The summed E-state index contributed by atoms with van der Waals surface area (Å²) < 4.78 is 130. The highest BCUT2D eigenvalue weighted by atomic mass is 32.3. The predicted molar refractivity (Wildman–Crippen MR) is 250 cm³/mol. The number of carbonyl (C=O) groups excluding carboxylic acids is 4. The van der Waals surface area contributed by atoms with Crippen molar-refractivity contribution in [2.75, 3.05) is 26.6 Å². The first-order valence-electron chi connectivity index (χ1n) is 19.0. The molecule has 0 bridgehead atoms. The van der Waals surface area contributed by atoms with Crippen molar-refractivity contribution in [1.82, 2.24) is 0 Å². The molecule has 0 fully saturated rings. The van der Waals surface area contributed by atoms with Crippen molar-refractivity contribution in [2.24, 2.45) is 0 Å². The largest absolute Gasteiger partial charge is 0.507 e. The van der Waals surface area contributed by atoms with Crippen molar-refractivity contribution in [2.45, 2.75) is 19.6 Å². The van der Waals surface area contributed by atoms with Crippen LogP contribution in [-0.4, -0.2) is 86.5 Å². The maximum atomic E-state index is 13.4. The van der Waals surface area contributed by atoms with Gasteiger partial charge in [-0.1, -0.05) is 18.2 Å². The normalized spacial score (nSPS) is 12.3. The molecule has 13 N–H and O–H groups in total. The van der Waals surface area contributed by atoms with E-state index in [2.05, 4.69) is 26.6 Å². The second kappa shape index (κ2) is 18.4. The Morgan fingerprint density at radius 3 is 1.06 bits per heavy atom. The smallest absolute Gasteiger partial charge is 0.323 e. The van der Waals surface area contributed by atoms with E-state index in [1.165, 1.54) is 72.8 Å². The van der Waals surface area contributed by atoms with Gasteiger partial charge in [0.2, 0.25) is 0 Å². The molecule has 0 aliphatic heterocycles. The van der Waals surface area contributed by atoms with Gasteiger partial charge in [0.05, 0.1) is 31.0 Å². The van der Waals surface area contributed by atoms with Gasteiger partial charge in [0.25, 0.3) is 48.1 Å². The Labute approximate surface area is 390 Å². The third-order valence-electron chi connectivity index (χ3n) is 9.80. The van der Waals surface area contributed by atoms with E-state index in [0.29, 0.717) is 6.07 Å². The fourth-order valence-corrected chi connectivity index (χ4v) is 8.96. The van der Waals surface area contributed by atoms with E-state index in [1.807, 2.05) is 0 Å². The van der Waals surface area contributed by atoms with Crippen molar-refractivity contribution in [3.8, 4) is 11.5 Å². The predicted octanol–water partition coefficient (Wildman–Crippen LogP) is 7.13. The molecule has 0 spiro atoms. The number of benzene rings is 7. The van der Waals surface area contributed by atoms with Gasteiger partial charge in [0.15, 0.2) is 0 Å². The minimum Gasteiger partial charge on any atom is -0.507 e. The standard InChI is InChI=1S/C42H33N5O18S4/c48-35-19-31(68(60,61)62)15-24-13-29(66(54,55)56)17-33(37(24)35)46-40(51)22-5-1-7-26(10-22)43-39(50)21-4-2-8-27(11-21)44-42(53)45-28-9-3-6-23(12-28)41(52)47-34-18-30(67(57,58)59)14-25-16-32(69(63,64)65)20-36(49)38(25)34/h1-20,48-49,60-62H,(H,43,50)(H,46,51)(H,47,52)(H2,44,45,53)(H,54,55,56)(H,57,58,59)(H,63,64,65). The summed E-state index contributed by atoms with van der Waals surface area (Å²) in [6.07, 6.45) is 0. The van der Waals surface area contributed by atoms with Crippen molar-refractivity contribution < 1.29 is 82.0 Å². The highest BCUT2D eigenvalue weighted by Crippen LogP contribution is 2.48. The van der Waals surface area contributed by atoms with Crippen LogP contribution < -0.4 is 26.6 Å². The van der Waals surface area contributed by atoms with E-state index < -0.39 is 96.1 Å². The van der Waals surface area contributed by atoms with Crippen molar-refractivity contribution in [1.29, 1.82) is 0 Å². The average Bonchev–Trinajstić information content (AvgIpc) is 3.24. The second-order valence-corrected chi connectivity index (χ2v) is 20.4. The van der Waals surface area contributed by atoms with Gasteiger partial charge in [0.1, 0.15) is 22.4 Å². The second-order valence-electron chi connectivity index (χ2n) is 14.7. The van der Waals surface area contributed by atoms with Crippen LogP contribution in [0.2, 0.25) is 0 Å². The molecule has 0 aliphatic carbocycles. The molecule has 7 rings (SSSR count). The fraction of sp³-hybridized carbons (Fsp3) is 0. The number of amides is 5. The van der Waals surface area contributed by atoms with E-state index in [1.54, 1.807) is 0 Å². The monoisotopic (exact) mass is 1020 g/mol. The third kappa shape index (κ3) is 11.4. The Morgan fingerprint density at radius 1 is 0.377 bits per heavy atom. The van der Waals surface area contributed by atoms with Crippen LogP contribution >= 0.6 is 10.9 Å². The van der Waals surface area contributed by atoms with Gasteiger partial charge in [-0.15, -0.1) is 0 Å².